The molecule has 3 aromatic heterocycles. The molecule has 0 spiro atoms. The topological polar surface area (TPSA) is 77.1 Å². The third-order valence-electron chi connectivity index (χ3n) is 5.04. The Morgan fingerprint density at radius 3 is 2.74 bits per heavy atom. The third-order valence-corrected chi connectivity index (χ3v) is 7.44. The Labute approximate surface area is 204 Å². The molecule has 0 aliphatic rings. The van der Waals surface area contributed by atoms with Crippen molar-refractivity contribution in [3.05, 3.63) is 73.7 Å². The van der Waals surface area contributed by atoms with Crippen LogP contribution in [0.3, 0.4) is 0 Å². The summed E-state index contributed by atoms with van der Waals surface area (Å²) in [4.78, 5) is 31.9. The first-order valence-corrected chi connectivity index (χ1v) is 12.0. The van der Waals surface area contributed by atoms with Crippen LogP contribution >= 0.6 is 34.7 Å². The number of benzene rings is 1. The second-order valence-corrected chi connectivity index (χ2v) is 9.91. The van der Waals surface area contributed by atoms with Gasteiger partial charge in [0.15, 0.2) is 5.16 Å². The Kier molecular flexibility index (Phi) is 6.79. The Bertz CT molecular complexity index is 1430. The van der Waals surface area contributed by atoms with Gasteiger partial charge < -0.3 is 9.73 Å². The predicted molar refractivity (Wildman–Crippen MR) is 127 cm³/mol. The van der Waals surface area contributed by atoms with Gasteiger partial charge in [0.25, 0.3) is 5.56 Å². The van der Waals surface area contributed by atoms with Gasteiger partial charge in [-0.15, -0.1) is 11.3 Å². The summed E-state index contributed by atoms with van der Waals surface area (Å²) in [7, 11) is 0. The van der Waals surface area contributed by atoms with E-state index in [1.165, 1.54) is 28.2 Å². The van der Waals surface area contributed by atoms with Crippen molar-refractivity contribution in [3.63, 3.8) is 0 Å². The summed E-state index contributed by atoms with van der Waals surface area (Å²) in [6.45, 7) is 3.88. The molecule has 12 heteroatoms. The Balaban J connectivity index is 1.59. The van der Waals surface area contributed by atoms with E-state index < -0.39 is 22.7 Å². The molecule has 1 amide bonds. The zero-order chi connectivity index (χ0) is 24.6. The molecule has 1 N–H and O–H groups in total. The van der Waals surface area contributed by atoms with Crippen LogP contribution in [0.15, 0.2) is 51.0 Å². The van der Waals surface area contributed by atoms with E-state index in [2.05, 4.69) is 10.3 Å². The van der Waals surface area contributed by atoms with Crippen LogP contribution < -0.4 is 10.9 Å². The van der Waals surface area contributed by atoms with Crippen LogP contribution in [0.4, 0.5) is 18.9 Å². The minimum absolute atomic E-state index is 0.0387. The molecule has 0 fully saturated rings. The number of nitrogens with zero attached hydrogens (tertiary/aromatic N) is 2. The van der Waals surface area contributed by atoms with E-state index in [1.807, 2.05) is 13.8 Å². The van der Waals surface area contributed by atoms with Gasteiger partial charge in [-0.3, -0.25) is 14.2 Å². The molecule has 0 unspecified atom stereocenters. The van der Waals surface area contributed by atoms with Gasteiger partial charge in [0.1, 0.15) is 10.6 Å². The SMILES string of the molecule is Cc1sc2nc(SCC(=O)Nc3ccc(Cl)c(C(F)(F)F)c3)n(Cc3ccco3)c(=O)c2c1C. The van der Waals surface area contributed by atoms with Crippen LogP contribution in [0, 0.1) is 13.8 Å². The van der Waals surface area contributed by atoms with Gasteiger partial charge in [-0.25, -0.2) is 4.98 Å². The number of amides is 1. The summed E-state index contributed by atoms with van der Waals surface area (Å²) >= 11 is 8.02. The number of carbonyl (C=O) groups excluding carboxylic acids is 1. The number of nitrogens with one attached hydrogen (secondary N) is 1. The number of fused-ring (bicyclic) bond motifs is 1. The largest absolute Gasteiger partial charge is 0.467 e. The lowest BCUT2D eigenvalue weighted by molar-refractivity contribution is -0.137. The molecule has 1 aromatic carbocycles. The fourth-order valence-corrected chi connectivity index (χ4v) is 5.36. The van der Waals surface area contributed by atoms with E-state index >= 15 is 0 Å². The molecule has 4 aromatic rings. The van der Waals surface area contributed by atoms with Gasteiger partial charge in [-0.05, 0) is 49.7 Å². The predicted octanol–water partition coefficient (Wildman–Crippen LogP) is 6.12. The van der Waals surface area contributed by atoms with Crippen LogP contribution in [-0.2, 0) is 17.5 Å². The maximum absolute atomic E-state index is 13.3. The second-order valence-electron chi connectivity index (χ2n) is 7.36. The second kappa shape index (κ2) is 9.47. The summed E-state index contributed by atoms with van der Waals surface area (Å²) in [5, 5.41) is 2.80. The summed E-state index contributed by atoms with van der Waals surface area (Å²) < 4.78 is 46.1. The number of furan rings is 1. The lowest BCUT2D eigenvalue weighted by atomic mass is 10.2. The van der Waals surface area contributed by atoms with Crippen LogP contribution in [0.2, 0.25) is 5.02 Å². The van der Waals surface area contributed by atoms with Crippen molar-refractivity contribution >= 4 is 56.5 Å². The number of thiophene rings is 1. The highest BCUT2D eigenvalue weighted by molar-refractivity contribution is 7.99. The molecule has 0 aliphatic carbocycles. The highest BCUT2D eigenvalue weighted by Gasteiger charge is 2.33. The fourth-order valence-electron chi connectivity index (χ4n) is 3.26. The molecule has 6 nitrogen and oxygen atoms in total. The zero-order valence-corrected chi connectivity index (χ0v) is 20.2. The number of aromatic nitrogens is 2. The van der Waals surface area contributed by atoms with Gasteiger partial charge in [0.05, 0.1) is 34.5 Å². The molecule has 3 heterocycles. The molecule has 0 bridgehead atoms. The van der Waals surface area contributed by atoms with E-state index in [-0.39, 0.29) is 23.5 Å². The van der Waals surface area contributed by atoms with Crippen molar-refractivity contribution in [2.75, 3.05) is 11.1 Å². The molecule has 0 saturated heterocycles. The monoisotopic (exact) mass is 527 g/mol. The van der Waals surface area contributed by atoms with Crippen LogP contribution in [-0.4, -0.2) is 21.2 Å². The molecule has 178 valence electrons. The molecular formula is C22H17ClF3N3O3S2. The van der Waals surface area contributed by atoms with Crippen molar-refractivity contribution < 1.29 is 22.4 Å². The quantitative estimate of drug-likeness (QED) is 0.241. The van der Waals surface area contributed by atoms with Crippen LogP contribution in [0.25, 0.3) is 10.2 Å². The number of thioether (sulfide) groups is 1. The van der Waals surface area contributed by atoms with Gasteiger partial charge >= 0.3 is 6.18 Å². The summed E-state index contributed by atoms with van der Waals surface area (Å²) in [5.74, 6) is -0.193. The molecule has 0 atom stereocenters. The van der Waals surface area contributed by atoms with Crippen LogP contribution in [0.1, 0.15) is 21.8 Å². The molecular weight excluding hydrogens is 511 g/mol. The zero-order valence-electron chi connectivity index (χ0n) is 17.8. The maximum Gasteiger partial charge on any atom is 0.417 e. The minimum atomic E-state index is -4.65. The number of aryl methyl sites for hydroxylation is 2. The highest BCUT2D eigenvalue weighted by Crippen LogP contribution is 2.36. The lowest BCUT2D eigenvalue weighted by Crippen LogP contribution is -2.24. The van der Waals surface area contributed by atoms with E-state index in [1.54, 1.807) is 12.1 Å². The van der Waals surface area contributed by atoms with Gasteiger partial charge in [0, 0.05) is 10.6 Å². The number of halogens is 4. The molecule has 34 heavy (non-hydrogen) atoms. The number of hydrogen-bond donors (Lipinski definition) is 1. The highest BCUT2D eigenvalue weighted by atomic mass is 35.5. The first-order valence-electron chi connectivity index (χ1n) is 9.87. The Morgan fingerprint density at radius 2 is 2.06 bits per heavy atom. The van der Waals surface area contributed by atoms with Crippen LogP contribution in [0.5, 0.6) is 0 Å². The first kappa shape index (κ1) is 24.4. The Morgan fingerprint density at radius 1 is 1.29 bits per heavy atom. The van der Waals surface area contributed by atoms with Crippen molar-refractivity contribution in [2.24, 2.45) is 0 Å². The Hall–Kier alpha value is -2.76. The lowest BCUT2D eigenvalue weighted by Gasteiger charge is -2.13. The normalized spacial score (nSPS) is 11.8. The number of carbonyl (C=O) groups is 1. The van der Waals surface area contributed by atoms with Gasteiger partial charge in [-0.1, -0.05) is 23.4 Å². The van der Waals surface area contributed by atoms with Crippen molar-refractivity contribution in [1.82, 2.24) is 9.55 Å². The molecule has 0 saturated carbocycles. The average Bonchev–Trinajstić information content (AvgIpc) is 3.37. The number of hydrogen-bond acceptors (Lipinski definition) is 6. The van der Waals surface area contributed by atoms with E-state index in [0.717, 1.165) is 34.3 Å². The first-order chi connectivity index (χ1) is 16.0. The van der Waals surface area contributed by atoms with Gasteiger partial charge in [-0.2, -0.15) is 13.2 Å². The number of rotatable bonds is 6. The standard InChI is InChI=1S/C22H17ClF3N3O3S2/c1-11-12(2)34-19-18(11)20(31)29(9-14-4-3-7-32-14)21(28-19)33-10-17(30)27-13-5-6-16(23)15(8-13)22(24,25)26/h3-8H,9-10H2,1-2H3,(H,27,30). The average molecular weight is 528 g/mol. The summed E-state index contributed by atoms with van der Waals surface area (Å²) in [6, 6.07) is 6.56. The van der Waals surface area contributed by atoms with Crippen molar-refractivity contribution in [1.29, 1.82) is 0 Å². The number of anilines is 1. The van der Waals surface area contributed by atoms with Crippen molar-refractivity contribution in [2.45, 2.75) is 31.7 Å². The van der Waals surface area contributed by atoms with E-state index in [9.17, 15) is 22.8 Å². The minimum Gasteiger partial charge on any atom is -0.467 e. The summed E-state index contributed by atoms with van der Waals surface area (Å²) in [5.41, 5.74) is -0.479. The van der Waals surface area contributed by atoms with E-state index in [0.29, 0.717) is 21.1 Å². The number of alkyl halides is 3. The van der Waals surface area contributed by atoms with Gasteiger partial charge in [0.2, 0.25) is 5.91 Å². The van der Waals surface area contributed by atoms with E-state index in [4.69, 9.17) is 16.0 Å². The molecule has 4 rings (SSSR count). The third kappa shape index (κ3) is 5.01. The maximum atomic E-state index is 13.3. The van der Waals surface area contributed by atoms with Crippen molar-refractivity contribution in [3.8, 4) is 0 Å². The smallest absolute Gasteiger partial charge is 0.417 e. The fraction of sp³-hybridized carbons (Fsp3) is 0.227. The summed E-state index contributed by atoms with van der Waals surface area (Å²) in [6.07, 6.45) is -3.15. The molecule has 0 radical (unpaired) electrons. The molecule has 0 aliphatic heterocycles.